The quantitative estimate of drug-likeness (QED) is 0.656. The molecule has 0 amide bonds. The highest BCUT2D eigenvalue weighted by Gasteiger charge is 2.35. The highest BCUT2D eigenvalue weighted by Crippen LogP contribution is 2.46. The van der Waals surface area contributed by atoms with Crippen LogP contribution in [0.1, 0.15) is 56.4 Å². The number of hydrogen-bond donors (Lipinski definition) is 2. The molecule has 8 nitrogen and oxygen atoms in total. The molecule has 0 aromatic carbocycles. The van der Waals surface area contributed by atoms with Crippen molar-refractivity contribution in [3.63, 3.8) is 0 Å². The van der Waals surface area contributed by atoms with Gasteiger partial charge in [0.1, 0.15) is 17.2 Å². The number of anilines is 3. The zero-order chi connectivity index (χ0) is 21.5. The fraction of sp³-hybridized carbons (Fsp3) is 0.478. The van der Waals surface area contributed by atoms with Gasteiger partial charge < -0.3 is 15.5 Å². The first-order chi connectivity index (χ1) is 15.1. The van der Waals surface area contributed by atoms with Crippen LogP contribution in [0.15, 0.2) is 24.5 Å². The standard InChI is InChI=1S/C23H30N8/c1-5-31-22(14(2)3)19-15(4)17-13-26-23(28-20(17)21(19)29-31)27-18-7-6-16(12-25-18)30-10-8-24-9-11-30/h6-7,12-15,24H,5,8-11H2,1-4H3,(H,25,26,27,28). The molecule has 1 saturated heterocycles. The Kier molecular flexibility index (Phi) is 5.09. The third-order valence-electron chi connectivity index (χ3n) is 6.29. The smallest absolute Gasteiger partial charge is 0.228 e. The Morgan fingerprint density at radius 1 is 1.13 bits per heavy atom. The first-order valence-electron chi connectivity index (χ1n) is 11.2. The second-order valence-corrected chi connectivity index (χ2v) is 8.60. The molecule has 31 heavy (non-hydrogen) atoms. The van der Waals surface area contributed by atoms with Crippen LogP contribution in [0.25, 0.3) is 11.4 Å². The van der Waals surface area contributed by atoms with Gasteiger partial charge in [0.15, 0.2) is 0 Å². The Bertz CT molecular complexity index is 1080. The van der Waals surface area contributed by atoms with Gasteiger partial charge in [-0.3, -0.25) is 4.68 Å². The van der Waals surface area contributed by atoms with E-state index in [1.54, 1.807) is 0 Å². The van der Waals surface area contributed by atoms with E-state index >= 15 is 0 Å². The van der Waals surface area contributed by atoms with E-state index < -0.39 is 0 Å². The molecule has 0 saturated carbocycles. The molecule has 2 N–H and O–H groups in total. The van der Waals surface area contributed by atoms with Crippen molar-refractivity contribution in [2.24, 2.45) is 0 Å². The van der Waals surface area contributed by atoms with Crippen molar-refractivity contribution in [3.05, 3.63) is 41.3 Å². The van der Waals surface area contributed by atoms with Gasteiger partial charge in [0.05, 0.1) is 11.9 Å². The Morgan fingerprint density at radius 3 is 2.61 bits per heavy atom. The fourth-order valence-corrected chi connectivity index (χ4v) is 4.74. The number of nitrogens with zero attached hydrogens (tertiary/aromatic N) is 6. The Balaban J connectivity index is 1.41. The minimum Gasteiger partial charge on any atom is -0.368 e. The Hall–Kier alpha value is -3.00. The third kappa shape index (κ3) is 3.44. The summed E-state index contributed by atoms with van der Waals surface area (Å²) in [5.41, 5.74) is 6.84. The third-order valence-corrected chi connectivity index (χ3v) is 6.29. The first-order valence-corrected chi connectivity index (χ1v) is 11.2. The Labute approximate surface area is 183 Å². The maximum Gasteiger partial charge on any atom is 0.228 e. The lowest BCUT2D eigenvalue weighted by molar-refractivity contribution is 0.589. The number of rotatable bonds is 5. The lowest BCUT2D eigenvalue weighted by Gasteiger charge is -2.29. The molecule has 3 aromatic rings. The van der Waals surface area contributed by atoms with Crippen LogP contribution in [-0.2, 0) is 6.54 Å². The number of fused-ring (bicyclic) bond motifs is 3. The number of piperazine rings is 1. The fourth-order valence-electron chi connectivity index (χ4n) is 4.74. The summed E-state index contributed by atoms with van der Waals surface area (Å²) in [5.74, 6) is 1.97. The van der Waals surface area contributed by atoms with Crippen molar-refractivity contribution in [3.8, 4) is 11.4 Å². The summed E-state index contributed by atoms with van der Waals surface area (Å²) in [6.07, 6.45) is 3.85. The molecule has 1 aliphatic carbocycles. The van der Waals surface area contributed by atoms with Crippen molar-refractivity contribution in [2.75, 3.05) is 36.4 Å². The number of pyridine rings is 1. The molecule has 1 atom stereocenters. The monoisotopic (exact) mass is 418 g/mol. The van der Waals surface area contributed by atoms with Crippen LogP contribution < -0.4 is 15.5 Å². The van der Waals surface area contributed by atoms with Gasteiger partial charge in [0, 0.05) is 61.7 Å². The largest absolute Gasteiger partial charge is 0.368 e. The van der Waals surface area contributed by atoms with E-state index in [-0.39, 0.29) is 5.92 Å². The first kappa shape index (κ1) is 19.9. The predicted molar refractivity (Wildman–Crippen MR) is 123 cm³/mol. The van der Waals surface area contributed by atoms with Crippen molar-refractivity contribution in [1.82, 2.24) is 30.0 Å². The molecule has 4 heterocycles. The molecular formula is C23H30N8. The van der Waals surface area contributed by atoms with E-state index in [1.165, 1.54) is 11.3 Å². The van der Waals surface area contributed by atoms with Gasteiger partial charge in [-0.1, -0.05) is 20.8 Å². The molecule has 1 aliphatic heterocycles. The van der Waals surface area contributed by atoms with Crippen LogP contribution in [0.5, 0.6) is 0 Å². The number of aromatic nitrogens is 5. The molecule has 162 valence electrons. The van der Waals surface area contributed by atoms with Crippen LogP contribution in [0, 0.1) is 0 Å². The van der Waals surface area contributed by atoms with Crippen LogP contribution in [0.4, 0.5) is 17.5 Å². The topological polar surface area (TPSA) is 83.8 Å². The minimum atomic E-state index is 0.258. The maximum absolute atomic E-state index is 4.91. The van der Waals surface area contributed by atoms with E-state index in [0.29, 0.717) is 11.9 Å². The van der Waals surface area contributed by atoms with Crippen LogP contribution >= 0.6 is 0 Å². The highest BCUT2D eigenvalue weighted by molar-refractivity contribution is 5.74. The summed E-state index contributed by atoms with van der Waals surface area (Å²) in [6.45, 7) is 13.7. The highest BCUT2D eigenvalue weighted by atomic mass is 15.3. The summed E-state index contributed by atoms with van der Waals surface area (Å²) in [6, 6.07) is 4.09. The average Bonchev–Trinajstić information content (AvgIpc) is 3.30. The predicted octanol–water partition coefficient (Wildman–Crippen LogP) is 3.50. The molecule has 2 aliphatic rings. The van der Waals surface area contributed by atoms with Gasteiger partial charge in [0.25, 0.3) is 0 Å². The summed E-state index contributed by atoms with van der Waals surface area (Å²) < 4.78 is 2.13. The van der Waals surface area contributed by atoms with E-state index in [2.05, 4.69) is 63.9 Å². The van der Waals surface area contributed by atoms with E-state index in [4.69, 9.17) is 10.1 Å². The van der Waals surface area contributed by atoms with Crippen molar-refractivity contribution in [2.45, 2.75) is 46.1 Å². The van der Waals surface area contributed by atoms with Crippen molar-refractivity contribution >= 4 is 17.5 Å². The average molecular weight is 419 g/mol. The lowest BCUT2D eigenvalue weighted by Crippen LogP contribution is -2.43. The van der Waals surface area contributed by atoms with Gasteiger partial charge in [-0.25, -0.2) is 15.0 Å². The SMILES string of the molecule is CCn1nc2c(c1C(C)C)C(C)c1cnc(Nc3ccc(N4CCNCC4)cn3)nc1-2. The second kappa shape index (κ2) is 7.92. The maximum atomic E-state index is 4.91. The molecule has 5 rings (SSSR count). The van der Waals surface area contributed by atoms with E-state index in [0.717, 1.165) is 61.2 Å². The molecule has 3 aromatic heterocycles. The molecule has 0 bridgehead atoms. The van der Waals surface area contributed by atoms with Crippen molar-refractivity contribution < 1.29 is 0 Å². The normalized spacial score (nSPS) is 17.7. The van der Waals surface area contributed by atoms with E-state index in [9.17, 15) is 0 Å². The van der Waals surface area contributed by atoms with Crippen molar-refractivity contribution in [1.29, 1.82) is 0 Å². The summed E-state index contributed by atoms with van der Waals surface area (Å²) in [7, 11) is 0. The number of nitrogens with one attached hydrogen (secondary N) is 2. The zero-order valence-corrected chi connectivity index (χ0v) is 18.7. The van der Waals surface area contributed by atoms with Gasteiger partial charge in [0.2, 0.25) is 5.95 Å². The molecule has 0 spiro atoms. The lowest BCUT2D eigenvalue weighted by atomic mass is 9.95. The van der Waals surface area contributed by atoms with Gasteiger partial charge in [-0.2, -0.15) is 5.10 Å². The molecular weight excluding hydrogens is 388 g/mol. The summed E-state index contributed by atoms with van der Waals surface area (Å²) >= 11 is 0. The number of aryl methyl sites for hydroxylation is 1. The number of hydrogen-bond acceptors (Lipinski definition) is 7. The van der Waals surface area contributed by atoms with Gasteiger partial charge in [-0.05, 0) is 25.0 Å². The molecule has 1 unspecified atom stereocenters. The Morgan fingerprint density at radius 2 is 1.94 bits per heavy atom. The van der Waals surface area contributed by atoms with Crippen LogP contribution in [0.2, 0.25) is 0 Å². The van der Waals surface area contributed by atoms with E-state index in [1.807, 2.05) is 18.5 Å². The van der Waals surface area contributed by atoms with Gasteiger partial charge in [-0.15, -0.1) is 0 Å². The zero-order valence-electron chi connectivity index (χ0n) is 18.7. The van der Waals surface area contributed by atoms with Crippen LogP contribution in [-0.4, -0.2) is 50.9 Å². The summed E-state index contributed by atoms with van der Waals surface area (Å²) in [4.78, 5) is 16.3. The molecule has 0 radical (unpaired) electrons. The molecule has 1 fully saturated rings. The second-order valence-electron chi connectivity index (χ2n) is 8.60. The van der Waals surface area contributed by atoms with Crippen LogP contribution in [0.3, 0.4) is 0 Å². The van der Waals surface area contributed by atoms with Gasteiger partial charge >= 0.3 is 0 Å². The minimum absolute atomic E-state index is 0.258. The summed E-state index contributed by atoms with van der Waals surface area (Å²) in [5, 5.41) is 11.6. The molecule has 8 heteroatoms.